The molecule has 0 saturated carbocycles. The summed E-state index contributed by atoms with van der Waals surface area (Å²) >= 11 is 0. The van der Waals surface area contributed by atoms with Crippen molar-refractivity contribution < 1.29 is 32.2 Å². The second-order valence-electron chi connectivity index (χ2n) is 9.08. The van der Waals surface area contributed by atoms with Crippen LogP contribution in [0.25, 0.3) is 0 Å². The molecule has 2 heterocycles. The number of hydrogen-bond donors (Lipinski definition) is 1. The molecule has 0 unspecified atom stereocenters. The summed E-state index contributed by atoms with van der Waals surface area (Å²) in [6.45, 7) is 9.53. The van der Waals surface area contributed by atoms with Crippen molar-refractivity contribution >= 4 is 17.8 Å². The molecule has 33 heavy (non-hydrogen) atoms. The zero-order valence-corrected chi connectivity index (χ0v) is 18.9. The number of halogens is 3. The van der Waals surface area contributed by atoms with Gasteiger partial charge in [0.25, 0.3) is 5.91 Å². The van der Waals surface area contributed by atoms with Gasteiger partial charge in [-0.2, -0.15) is 13.2 Å². The van der Waals surface area contributed by atoms with Gasteiger partial charge in [-0.25, -0.2) is 4.79 Å². The first-order valence-electron chi connectivity index (χ1n) is 10.7. The van der Waals surface area contributed by atoms with E-state index in [2.05, 4.69) is 16.9 Å². The Bertz CT molecular complexity index is 959. The van der Waals surface area contributed by atoms with E-state index in [4.69, 9.17) is 9.47 Å². The van der Waals surface area contributed by atoms with Gasteiger partial charge in [0, 0.05) is 18.7 Å². The number of ether oxygens (including phenoxy) is 2. The fourth-order valence-corrected chi connectivity index (χ4v) is 3.62. The molecule has 1 fully saturated rings. The van der Waals surface area contributed by atoms with Crippen LogP contribution in [0.3, 0.4) is 0 Å². The number of carbonyl (C=O) groups is 2. The topological polar surface area (TPSA) is 80.2 Å². The van der Waals surface area contributed by atoms with Crippen LogP contribution in [0.5, 0.6) is 5.75 Å². The van der Waals surface area contributed by atoms with Crippen molar-refractivity contribution in [1.82, 2.24) is 10.2 Å². The lowest BCUT2D eigenvalue weighted by Crippen LogP contribution is -2.51. The van der Waals surface area contributed by atoms with Crippen molar-refractivity contribution in [1.29, 1.82) is 0 Å². The van der Waals surface area contributed by atoms with Crippen LogP contribution in [0, 0.1) is 0 Å². The van der Waals surface area contributed by atoms with E-state index < -0.39 is 34.9 Å². The van der Waals surface area contributed by atoms with Crippen LogP contribution in [0.2, 0.25) is 0 Å². The van der Waals surface area contributed by atoms with Crippen LogP contribution in [0.1, 0.15) is 51.2 Å². The molecule has 1 aromatic carbocycles. The van der Waals surface area contributed by atoms with Crippen LogP contribution in [-0.4, -0.2) is 53.6 Å². The first-order chi connectivity index (χ1) is 15.3. The average Bonchev–Trinajstić information content (AvgIpc) is 3.02. The van der Waals surface area contributed by atoms with Crippen molar-refractivity contribution in [3.63, 3.8) is 0 Å². The van der Waals surface area contributed by atoms with E-state index in [1.807, 2.05) is 0 Å². The van der Waals surface area contributed by atoms with E-state index in [-0.39, 0.29) is 49.7 Å². The molecule has 0 aromatic heterocycles. The lowest BCUT2D eigenvalue weighted by atomic mass is 9.88. The summed E-state index contributed by atoms with van der Waals surface area (Å²) in [5, 5.41) is 2.62. The van der Waals surface area contributed by atoms with Gasteiger partial charge in [-0.15, -0.1) is 6.58 Å². The first-order valence-corrected chi connectivity index (χ1v) is 10.7. The number of nitrogens with zero attached hydrogens (tertiary/aromatic N) is 2. The van der Waals surface area contributed by atoms with Gasteiger partial charge >= 0.3 is 12.3 Å². The van der Waals surface area contributed by atoms with E-state index in [0.717, 1.165) is 12.1 Å². The second-order valence-corrected chi connectivity index (χ2v) is 9.08. The molecule has 1 aromatic rings. The van der Waals surface area contributed by atoms with E-state index in [9.17, 15) is 22.8 Å². The number of likely N-dealkylation sites (tertiary alicyclic amines) is 1. The Morgan fingerprint density at radius 1 is 1.24 bits per heavy atom. The summed E-state index contributed by atoms with van der Waals surface area (Å²) in [5.41, 5.74) is -2.56. The second kappa shape index (κ2) is 9.07. The number of piperidine rings is 1. The Labute approximate surface area is 190 Å². The van der Waals surface area contributed by atoms with Crippen molar-refractivity contribution in [3.8, 4) is 5.75 Å². The summed E-state index contributed by atoms with van der Waals surface area (Å²) in [6, 6.07) is 3.28. The lowest BCUT2D eigenvalue weighted by molar-refractivity contribution is -0.137. The van der Waals surface area contributed by atoms with E-state index in [1.165, 1.54) is 11.0 Å². The lowest BCUT2D eigenvalue weighted by Gasteiger charge is -2.36. The number of amidine groups is 1. The fourth-order valence-electron chi connectivity index (χ4n) is 3.62. The van der Waals surface area contributed by atoms with Gasteiger partial charge in [0.2, 0.25) is 0 Å². The summed E-state index contributed by atoms with van der Waals surface area (Å²) in [5.74, 6) is -0.308. The number of aliphatic imine (C=N–C) groups is 1. The molecule has 180 valence electrons. The molecule has 2 amide bonds. The molecule has 3 rings (SSSR count). The van der Waals surface area contributed by atoms with Crippen molar-refractivity contribution in [2.75, 3.05) is 19.7 Å². The molecule has 0 aliphatic carbocycles. The van der Waals surface area contributed by atoms with E-state index in [1.54, 1.807) is 26.8 Å². The van der Waals surface area contributed by atoms with Crippen LogP contribution in [0.4, 0.5) is 18.0 Å². The summed E-state index contributed by atoms with van der Waals surface area (Å²) in [6.07, 6.45) is -2.51. The number of benzene rings is 1. The third kappa shape index (κ3) is 5.85. The zero-order valence-electron chi connectivity index (χ0n) is 18.9. The molecular formula is C23H28F3N3O4. The maximum Gasteiger partial charge on any atom is 0.416 e. The molecule has 7 nitrogen and oxygen atoms in total. The van der Waals surface area contributed by atoms with Crippen LogP contribution in [0.15, 0.2) is 35.8 Å². The third-order valence-corrected chi connectivity index (χ3v) is 5.32. The Morgan fingerprint density at radius 3 is 2.48 bits per heavy atom. The number of carbonyl (C=O) groups excluding carboxylic acids is 2. The SMILES string of the molecule is C=CCCOc1cc(C2=NC3(CCN(C(=O)OC(C)(C)C)CC3)C(=O)N2)cc(C(F)(F)F)c1. The standard InChI is InChI=1S/C23H28F3N3O4/c1-5-6-11-32-17-13-15(12-16(14-17)23(24,25)26)18-27-19(30)22(28-18)7-9-29(10-8-22)20(31)33-21(2,3)4/h5,12-14H,1,6-11H2,2-4H3,(H,27,28,30). The molecule has 2 aliphatic heterocycles. The Balaban J connectivity index is 1.82. The monoisotopic (exact) mass is 467 g/mol. The minimum absolute atomic E-state index is 0.0271. The van der Waals surface area contributed by atoms with Gasteiger partial charge in [-0.1, -0.05) is 6.08 Å². The van der Waals surface area contributed by atoms with Gasteiger partial charge in [0.05, 0.1) is 12.2 Å². The molecule has 0 atom stereocenters. The Hall–Kier alpha value is -3.04. The maximum atomic E-state index is 13.4. The zero-order chi connectivity index (χ0) is 24.4. The van der Waals surface area contributed by atoms with Gasteiger partial charge < -0.3 is 19.7 Å². The fraction of sp³-hybridized carbons (Fsp3) is 0.522. The predicted octanol–water partition coefficient (Wildman–Crippen LogP) is 4.31. The Morgan fingerprint density at radius 2 is 1.91 bits per heavy atom. The highest BCUT2D eigenvalue weighted by molar-refractivity contribution is 6.15. The maximum absolute atomic E-state index is 13.4. The molecular weight excluding hydrogens is 439 g/mol. The van der Waals surface area contributed by atoms with Gasteiger partial charge in [-0.05, 0) is 58.2 Å². The molecule has 1 spiro atoms. The van der Waals surface area contributed by atoms with Crippen molar-refractivity contribution in [2.24, 2.45) is 4.99 Å². The molecule has 0 bridgehead atoms. The normalized spacial score (nSPS) is 18.1. The summed E-state index contributed by atoms with van der Waals surface area (Å²) in [4.78, 5) is 31.1. The van der Waals surface area contributed by atoms with Gasteiger partial charge in [0.15, 0.2) is 0 Å². The third-order valence-electron chi connectivity index (χ3n) is 5.32. The minimum atomic E-state index is -4.59. The number of nitrogens with one attached hydrogen (secondary N) is 1. The first kappa shape index (κ1) is 24.6. The number of alkyl halides is 3. The predicted molar refractivity (Wildman–Crippen MR) is 116 cm³/mol. The van der Waals surface area contributed by atoms with Crippen LogP contribution < -0.4 is 10.1 Å². The average molecular weight is 467 g/mol. The number of rotatable bonds is 5. The van der Waals surface area contributed by atoms with Crippen LogP contribution in [-0.2, 0) is 15.7 Å². The highest BCUT2D eigenvalue weighted by Gasteiger charge is 2.47. The smallest absolute Gasteiger partial charge is 0.416 e. The summed E-state index contributed by atoms with van der Waals surface area (Å²) < 4.78 is 51.1. The quantitative estimate of drug-likeness (QED) is 0.517. The largest absolute Gasteiger partial charge is 0.493 e. The molecule has 2 aliphatic rings. The highest BCUT2D eigenvalue weighted by atomic mass is 19.4. The van der Waals surface area contributed by atoms with Crippen LogP contribution >= 0.6 is 0 Å². The number of amides is 2. The minimum Gasteiger partial charge on any atom is -0.493 e. The molecule has 0 radical (unpaired) electrons. The van der Waals surface area contributed by atoms with Crippen molar-refractivity contribution in [3.05, 3.63) is 42.0 Å². The molecule has 10 heteroatoms. The molecule has 1 saturated heterocycles. The molecule has 1 N–H and O–H groups in total. The van der Waals surface area contributed by atoms with E-state index >= 15 is 0 Å². The van der Waals surface area contributed by atoms with Gasteiger partial charge in [-0.3, -0.25) is 9.79 Å². The van der Waals surface area contributed by atoms with Crippen molar-refractivity contribution in [2.45, 2.75) is 57.3 Å². The van der Waals surface area contributed by atoms with Gasteiger partial charge in [0.1, 0.15) is 22.7 Å². The summed E-state index contributed by atoms with van der Waals surface area (Å²) in [7, 11) is 0. The van der Waals surface area contributed by atoms with E-state index in [0.29, 0.717) is 6.42 Å². The highest BCUT2D eigenvalue weighted by Crippen LogP contribution is 2.35. The number of hydrogen-bond acceptors (Lipinski definition) is 5. The Kier molecular flexibility index (Phi) is 6.76.